The number of benzene rings is 3. The summed E-state index contributed by atoms with van der Waals surface area (Å²) in [6.07, 6.45) is 1.56. The highest BCUT2D eigenvalue weighted by atomic mass is 79.9. The maximum Gasteiger partial charge on any atom is 0.272 e. The van der Waals surface area contributed by atoms with Crippen LogP contribution in [0.25, 0.3) is 22.2 Å². The number of methoxy groups -OCH3 is 1. The van der Waals surface area contributed by atoms with E-state index in [9.17, 15) is 4.79 Å². The molecule has 4 rings (SSSR count). The average Bonchev–Trinajstić information content (AvgIpc) is 2.79. The lowest BCUT2D eigenvalue weighted by molar-refractivity contribution is 0.0956. The predicted octanol–water partition coefficient (Wildman–Crippen LogP) is 5.44. The van der Waals surface area contributed by atoms with Gasteiger partial charge >= 0.3 is 0 Å². The zero-order valence-electron chi connectivity index (χ0n) is 16.2. The summed E-state index contributed by atoms with van der Waals surface area (Å²) in [7, 11) is 1.59. The second-order valence-corrected chi connectivity index (χ2v) is 7.44. The number of hydrazone groups is 1. The number of rotatable bonds is 5. The van der Waals surface area contributed by atoms with Crippen molar-refractivity contribution in [3.05, 3.63) is 94.5 Å². The summed E-state index contributed by atoms with van der Waals surface area (Å²) >= 11 is 3.43. The van der Waals surface area contributed by atoms with Crippen molar-refractivity contribution in [2.24, 2.45) is 5.10 Å². The van der Waals surface area contributed by atoms with Crippen LogP contribution in [-0.4, -0.2) is 24.2 Å². The van der Waals surface area contributed by atoms with Gasteiger partial charge in [-0.1, -0.05) is 64.5 Å². The molecule has 0 bridgehead atoms. The van der Waals surface area contributed by atoms with Crippen LogP contribution < -0.4 is 10.2 Å². The molecule has 1 amide bonds. The van der Waals surface area contributed by atoms with Crippen LogP contribution in [0.3, 0.4) is 0 Å². The summed E-state index contributed by atoms with van der Waals surface area (Å²) in [5.41, 5.74) is 6.31. The van der Waals surface area contributed by atoms with Crippen LogP contribution in [0.4, 0.5) is 0 Å². The second kappa shape index (κ2) is 8.88. The number of nitrogens with zero attached hydrogens (tertiary/aromatic N) is 2. The van der Waals surface area contributed by atoms with Crippen molar-refractivity contribution >= 4 is 39.0 Å². The molecule has 1 N–H and O–H groups in total. The number of carbonyl (C=O) groups excluding carboxylic acids is 1. The van der Waals surface area contributed by atoms with Crippen LogP contribution >= 0.6 is 15.9 Å². The number of para-hydroxylation sites is 1. The number of hydrogen-bond acceptors (Lipinski definition) is 4. The fourth-order valence-electron chi connectivity index (χ4n) is 3.15. The van der Waals surface area contributed by atoms with E-state index in [0.717, 1.165) is 32.2 Å². The monoisotopic (exact) mass is 459 g/mol. The number of nitrogens with one attached hydrogen (secondary N) is 1. The van der Waals surface area contributed by atoms with Crippen molar-refractivity contribution in [3.63, 3.8) is 0 Å². The van der Waals surface area contributed by atoms with E-state index in [-0.39, 0.29) is 5.91 Å². The van der Waals surface area contributed by atoms with Gasteiger partial charge in [-0.3, -0.25) is 4.79 Å². The lowest BCUT2D eigenvalue weighted by Crippen LogP contribution is -2.18. The molecule has 0 atom stereocenters. The highest BCUT2D eigenvalue weighted by Crippen LogP contribution is 2.25. The van der Waals surface area contributed by atoms with E-state index in [1.54, 1.807) is 19.4 Å². The molecular formula is C24H18BrN3O2. The molecule has 0 radical (unpaired) electrons. The van der Waals surface area contributed by atoms with Crippen molar-refractivity contribution in [2.75, 3.05) is 7.11 Å². The number of ether oxygens (including phenoxy) is 1. The molecule has 5 nitrogen and oxygen atoms in total. The van der Waals surface area contributed by atoms with Crippen molar-refractivity contribution in [1.82, 2.24) is 10.4 Å². The zero-order chi connectivity index (χ0) is 20.9. The van der Waals surface area contributed by atoms with Gasteiger partial charge in [-0.05, 0) is 30.3 Å². The summed E-state index contributed by atoms with van der Waals surface area (Å²) in [6.45, 7) is 0. The van der Waals surface area contributed by atoms with E-state index in [4.69, 9.17) is 9.72 Å². The number of amides is 1. The highest BCUT2D eigenvalue weighted by molar-refractivity contribution is 9.10. The SMILES string of the molecule is COc1ccc(Br)cc1/C=N\NC(=O)c1cc(-c2ccccc2)nc2ccccc12. The van der Waals surface area contributed by atoms with Crippen LogP contribution in [0, 0.1) is 0 Å². The standard InChI is InChI=1S/C24H18BrN3O2/c1-30-23-12-11-18(25)13-17(23)15-26-28-24(29)20-14-22(16-7-3-2-4-8-16)27-21-10-6-5-9-19(20)21/h2-15H,1H3,(H,28,29)/b26-15-. The van der Waals surface area contributed by atoms with Crippen molar-refractivity contribution in [2.45, 2.75) is 0 Å². The third-order valence-corrected chi connectivity index (χ3v) is 5.09. The lowest BCUT2D eigenvalue weighted by atomic mass is 10.0. The Labute approximate surface area is 182 Å². The van der Waals surface area contributed by atoms with Crippen LogP contribution in [0.5, 0.6) is 5.75 Å². The number of hydrogen-bond donors (Lipinski definition) is 1. The van der Waals surface area contributed by atoms with Crippen LogP contribution in [0.1, 0.15) is 15.9 Å². The normalized spacial score (nSPS) is 11.0. The van der Waals surface area contributed by atoms with Gasteiger partial charge in [0.05, 0.1) is 30.1 Å². The van der Waals surface area contributed by atoms with Crippen LogP contribution in [-0.2, 0) is 0 Å². The minimum absolute atomic E-state index is 0.309. The van der Waals surface area contributed by atoms with Gasteiger partial charge in [-0.15, -0.1) is 0 Å². The molecule has 30 heavy (non-hydrogen) atoms. The molecule has 0 aliphatic carbocycles. The Bertz CT molecular complexity index is 1240. The Morgan fingerprint density at radius 2 is 1.80 bits per heavy atom. The third kappa shape index (κ3) is 4.23. The Morgan fingerprint density at radius 3 is 2.60 bits per heavy atom. The molecule has 0 fully saturated rings. The van der Waals surface area contributed by atoms with Crippen molar-refractivity contribution in [3.8, 4) is 17.0 Å². The third-order valence-electron chi connectivity index (χ3n) is 4.59. The quantitative estimate of drug-likeness (QED) is 0.319. The smallest absolute Gasteiger partial charge is 0.272 e. The Hall–Kier alpha value is -3.51. The molecule has 3 aromatic carbocycles. The van der Waals surface area contributed by atoms with E-state index >= 15 is 0 Å². The zero-order valence-corrected chi connectivity index (χ0v) is 17.8. The summed E-state index contributed by atoms with van der Waals surface area (Å²) in [5, 5.41) is 4.90. The first-order valence-electron chi connectivity index (χ1n) is 9.28. The molecular weight excluding hydrogens is 442 g/mol. The minimum Gasteiger partial charge on any atom is -0.496 e. The van der Waals surface area contributed by atoms with Gasteiger partial charge in [0.2, 0.25) is 0 Å². The summed E-state index contributed by atoms with van der Waals surface area (Å²) < 4.78 is 6.22. The van der Waals surface area contributed by atoms with Crippen molar-refractivity contribution < 1.29 is 9.53 Å². The van der Waals surface area contributed by atoms with E-state index in [1.807, 2.05) is 72.8 Å². The molecule has 0 spiro atoms. The molecule has 6 heteroatoms. The lowest BCUT2D eigenvalue weighted by Gasteiger charge is -2.09. The number of carbonyl (C=O) groups is 1. The number of pyridine rings is 1. The Morgan fingerprint density at radius 1 is 1.03 bits per heavy atom. The van der Waals surface area contributed by atoms with E-state index in [1.165, 1.54) is 0 Å². The number of halogens is 1. The fourth-order valence-corrected chi connectivity index (χ4v) is 3.53. The summed E-state index contributed by atoms with van der Waals surface area (Å²) in [4.78, 5) is 17.7. The molecule has 1 aromatic heterocycles. The molecule has 148 valence electrons. The Kier molecular flexibility index (Phi) is 5.86. The molecule has 1 heterocycles. The van der Waals surface area contributed by atoms with E-state index in [0.29, 0.717) is 11.3 Å². The van der Waals surface area contributed by atoms with Crippen molar-refractivity contribution in [1.29, 1.82) is 0 Å². The largest absolute Gasteiger partial charge is 0.496 e. The van der Waals surface area contributed by atoms with Gasteiger partial charge in [0.15, 0.2) is 0 Å². The number of aromatic nitrogens is 1. The topological polar surface area (TPSA) is 63.6 Å². The average molecular weight is 460 g/mol. The minimum atomic E-state index is -0.309. The maximum atomic E-state index is 13.0. The summed E-state index contributed by atoms with van der Waals surface area (Å²) in [5.74, 6) is 0.355. The summed E-state index contributed by atoms with van der Waals surface area (Å²) in [6, 6.07) is 24.7. The van der Waals surface area contributed by atoms with Crippen LogP contribution in [0.2, 0.25) is 0 Å². The Balaban J connectivity index is 1.67. The maximum absolute atomic E-state index is 13.0. The molecule has 0 saturated heterocycles. The second-order valence-electron chi connectivity index (χ2n) is 6.52. The first kappa shape index (κ1) is 19.8. The fraction of sp³-hybridized carbons (Fsp3) is 0.0417. The van der Waals surface area contributed by atoms with Gasteiger partial charge in [0, 0.05) is 21.0 Å². The number of fused-ring (bicyclic) bond motifs is 1. The van der Waals surface area contributed by atoms with Crippen LogP contribution in [0.15, 0.2) is 88.4 Å². The molecule has 0 aliphatic heterocycles. The molecule has 0 aliphatic rings. The highest BCUT2D eigenvalue weighted by Gasteiger charge is 2.13. The van der Waals surface area contributed by atoms with E-state index < -0.39 is 0 Å². The van der Waals surface area contributed by atoms with Gasteiger partial charge < -0.3 is 4.74 Å². The van der Waals surface area contributed by atoms with Gasteiger partial charge in [0.25, 0.3) is 5.91 Å². The predicted molar refractivity (Wildman–Crippen MR) is 123 cm³/mol. The van der Waals surface area contributed by atoms with E-state index in [2.05, 4.69) is 26.5 Å². The molecule has 0 saturated carbocycles. The molecule has 4 aromatic rings. The molecule has 0 unspecified atom stereocenters. The van der Waals surface area contributed by atoms with Gasteiger partial charge in [-0.2, -0.15) is 5.10 Å². The first-order chi connectivity index (χ1) is 14.7. The van der Waals surface area contributed by atoms with Gasteiger partial charge in [0.1, 0.15) is 5.75 Å². The van der Waals surface area contributed by atoms with Gasteiger partial charge in [-0.25, -0.2) is 10.4 Å². The first-order valence-corrected chi connectivity index (χ1v) is 10.1.